The average Bonchev–Trinajstić information content (AvgIpc) is 2.72. The van der Waals surface area contributed by atoms with Crippen molar-refractivity contribution in [2.24, 2.45) is 0 Å². The number of sulfonamides is 1. The number of carbonyl (C=O) groups excluding carboxylic acids is 2. The maximum absolute atomic E-state index is 12.8. The fourth-order valence-corrected chi connectivity index (χ4v) is 4.39. The van der Waals surface area contributed by atoms with Crippen LogP contribution in [0.3, 0.4) is 0 Å². The minimum atomic E-state index is -3.76. The Kier molecular flexibility index (Phi) is 6.95. The first-order valence-electron chi connectivity index (χ1n) is 9.99. The van der Waals surface area contributed by atoms with Crippen molar-refractivity contribution in [2.45, 2.75) is 32.1 Å². The number of amides is 2. The summed E-state index contributed by atoms with van der Waals surface area (Å²) in [6.07, 6.45) is 0.147. The molecule has 0 atom stereocenters. The molecule has 0 saturated carbocycles. The topological polar surface area (TPSA) is 104 Å². The molecule has 0 saturated heterocycles. The van der Waals surface area contributed by atoms with Gasteiger partial charge >= 0.3 is 0 Å². The van der Waals surface area contributed by atoms with Gasteiger partial charge in [-0.25, -0.2) is 8.42 Å². The summed E-state index contributed by atoms with van der Waals surface area (Å²) >= 11 is 0. The van der Waals surface area contributed by atoms with Crippen LogP contribution < -0.4 is 15.4 Å². The molecule has 0 spiro atoms. The summed E-state index contributed by atoms with van der Waals surface area (Å²) in [5.41, 5.74) is 4.18. The molecule has 8 heteroatoms. The zero-order chi connectivity index (χ0) is 23.3. The maximum atomic E-state index is 12.8. The smallest absolute Gasteiger partial charge is 0.261 e. The highest BCUT2D eigenvalue weighted by Gasteiger charge is 2.16. The van der Waals surface area contributed by atoms with E-state index in [0.717, 1.165) is 16.7 Å². The molecule has 0 aliphatic rings. The molecule has 0 aliphatic carbocycles. The third-order valence-electron chi connectivity index (χ3n) is 4.80. The van der Waals surface area contributed by atoms with Gasteiger partial charge in [0.1, 0.15) is 0 Å². The molecule has 0 bridgehead atoms. The van der Waals surface area contributed by atoms with Crippen molar-refractivity contribution >= 4 is 38.9 Å². The highest BCUT2D eigenvalue weighted by atomic mass is 32.2. The summed E-state index contributed by atoms with van der Waals surface area (Å²) < 4.78 is 28.1. The van der Waals surface area contributed by atoms with Crippen LogP contribution in [0.5, 0.6) is 0 Å². The SMILES string of the molecule is CC(=O)Nc1ccc(CC(=O)Nc2ccc(S(=O)(=O)Nc3c(C)cccc3C)cc2)cc1. The van der Waals surface area contributed by atoms with Gasteiger partial charge in [0.2, 0.25) is 11.8 Å². The zero-order valence-corrected chi connectivity index (χ0v) is 18.9. The summed E-state index contributed by atoms with van der Waals surface area (Å²) in [6.45, 7) is 5.12. The van der Waals surface area contributed by atoms with E-state index in [0.29, 0.717) is 17.1 Å². The lowest BCUT2D eigenvalue weighted by molar-refractivity contribution is -0.116. The van der Waals surface area contributed by atoms with E-state index >= 15 is 0 Å². The van der Waals surface area contributed by atoms with Crippen LogP contribution in [0.2, 0.25) is 0 Å². The number of hydrogen-bond acceptors (Lipinski definition) is 4. The molecular formula is C24H25N3O4S. The molecule has 7 nitrogen and oxygen atoms in total. The van der Waals surface area contributed by atoms with E-state index in [1.54, 1.807) is 36.4 Å². The second-order valence-corrected chi connectivity index (χ2v) is 9.18. The Hall–Kier alpha value is -3.65. The highest BCUT2D eigenvalue weighted by molar-refractivity contribution is 7.92. The second-order valence-electron chi connectivity index (χ2n) is 7.50. The van der Waals surface area contributed by atoms with E-state index in [1.807, 2.05) is 32.0 Å². The Labute approximate surface area is 187 Å². The van der Waals surface area contributed by atoms with Gasteiger partial charge in [-0.05, 0) is 66.9 Å². The van der Waals surface area contributed by atoms with Crippen LogP contribution in [-0.2, 0) is 26.0 Å². The zero-order valence-electron chi connectivity index (χ0n) is 18.1. The number of carbonyl (C=O) groups is 2. The highest BCUT2D eigenvalue weighted by Crippen LogP contribution is 2.24. The number of benzene rings is 3. The van der Waals surface area contributed by atoms with Gasteiger partial charge < -0.3 is 10.6 Å². The molecule has 3 aromatic carbocycles. The van der Waals surface area contributed by atoms with Crippen molar-refractivity contribution in [3.05, 3.63) is 83.4 Å². The Morgan fingerprint density at radius 1 is 0.781 bits per heavy atom. The number of hydrogen-bond donors (Lipinski definition) is 3. The Morgan fingerprint density at radius 3 is 1.88 bits per heavy atom. The molecule has 3 aromatic rings. The van der Waals surface area contributed by atoms with Crippen molar-refractivity contribution in [3.63, 3.8) is 0 Å². The predicted octanol–water partition coefficient (Wildman–Crippen LogP) is 4.24. The monoisotopic (exact) mass is 451 g/mol. The van der Waals surface area contributed by atoms with Gasteiger partial charge in [0.05, 0.1) is 17.0 Å². The summed E-state index contributed by atoms with van der Waals surface area (Å²) in [7, 11) is -3.76. The summed E-state index contributed by atoms with van der Waals surface area (Å²) in [5, 5.41) is 5.43. The number of anilines is 3. The van der Waals surface area contributed by atoms with Gasteiger partial charge in [0.15, 0.2) is 0 Å². The van der Waals surface area contributed by atoms with Crippen LogP contribution in [0.4, 0.5) is 17.1 Å². The number of aryl methyl sites for hydroxylation is 2. The quantitative estimate of drug-likeness (QED) is 0.500. The first-order valence-corrected chi connectivity index (χ1v) is 11.5. The van der Waals surface area contributed by atoms with Gasteiger partial charge in [-0.2, -0.15) is 0 Å². The molecule has 166 valence electrons. The minimum absolute atomic E-state index is 0.103. The Balaban J connectivity index is 1.63. The van der Waals surface area contributed by atoms with E-state index in [1.165, 1.54) is 19.1 Å². The summed E-state index contributed by atoms with van der Waals surface area (Å²) in [6, 6.07) is 18.6. The normalized spacial score (nSPS) is 11.0. The van der Waals surface area contributed by atoms with Crippen LogP contribution in [-0.4, -0.2) is 20.2 Å². The van der Waals surface area contributed by atoms with Crippen LogP contribution in [0, 0.1) is 13.8 Å². The van der Waals surface area contributed by atoms with E-state index in [4.69, 9.17) is 0 Å². The standard InChI is InChI=1S/C24H25N3O4S/c1-16-5-4-6-17(2)24(16)27-32(30,31)22-13-11-21(12-14-22)26-23(29)15-19-7-9-20(10-8-19)25-18(3)28/h4-14,27H,15H2,1-3H3,(H,25,28)(H,26,29). The minimum Gasteiger partial charge on any atom is -0.326 e. The van der Waals surface area contributed by atoms with Gasteiger partial charge in [-0.1, -0.05) is 30.3 Å². The van der Waals surface area contributed by atoms with Gasteiger partial charge in [0, 0.05) is 18.3 Å². The molecule has 0 heterocycles. The fraction of sp³-hybridized carbons (Fsp3) is 0.167. The van der Waals surface area contributed by atoms with Gasteiger partial charge in [0.25, 0.3) is 10.0 Å². The van der Waals surface area contributed by atoms with Crippen molar-refractivity contribution in [3.8, 4) is 0 Å². The van der Waals surface area contributed by atoms with Crippen LogP contribution >= 0.6 is 0 Å². The van der Waals surface area contributed by atoms with E-state index in [9.17, 15) is 18.0 Å². The van der Waals surface area contributed by atoms with Gasteiger partial charge in [-0.3, -0.25) is 14.3 Å². The van der Waals surface area contributed by atoms with Crippen molar-refractivity contribution < 1.29 is 18.0 Å². The first kappa shape index (κ1) is 23.0. The average molecular weight is 452 g/mol. The lowest BCUT2D eigenvalue weighted by atomic mass is 10.1. The molecule has 0 unspecified atom stereocenters. The second kappa shape index (κ2) is 9.65. The first-order chi connectivity index (χ1) is 15.1. The van der Waals surface area contributed by atoms with Crippen LogP contribution in [0.1, 0.15) is 23.6 Å². The third kappa shape index (κ3) is 5.95. The molecule has 3 rings (SSSR count). The maximum Gasteiger partial charge on any atom is 0.261 e. The number of nitrogens with one attached hydrogen (secondary N) is 3. The Bertz CT molecular complexity index is 1210. The molecule has 2 amide bonds. The van der Waals surface area contributed by atoms with Crippen molar-refractivity contribution in [1.82, 2.24) is 0 Å². The summed E-state index contributed by atoms with van der Waals surface area (Å²) in [4.78, 5) is 23.5. The molecule has 0 fully saturated rings. The number of para-hydroxylation sites is 1. The molecular weight excluding hydrogens is 426 g/mol. The lowest BCUT2D eigenvalue weighted by Crippen LogP contribution is -2.16. The summed E-state index contributed by atoms with van der Waals surface area (Å²) in [5.74, 6) is -0.397. The van der Waals surface area contributed by atoms with Crippen molar-refractivity contribution in [2.75, 3.05) is 15.4 Å². The fourth-order valence-electron chi connectivity index (χ4n) is 3.19. The lowest BCUT2D eigenvalue weighted by Gasteiger charge is -2.13. The predicted molar refractivity (Wildman–Crippen MR) is 126 cm³/mol. The van der Waals surface area contributed by atoms with E-state index in [-0.39, 0.29) is 23.1 Å². The van der Waals surface area contributed by atoms with Crippen LogP contribution in [0.15, 0.2) is 71.6 Å². The largest absolute Gasteiger partial charge is 0.326 e. The molecule has 0 radical (unpaired) electrons. The molecule has 3 N–H and O–H groups in total. The third-order valence-corrected chi connectivity index (χ3v) is 6.17. The van der Waals surface area contributed by atoms with E-state index in [2.05, 4.69) is 15.4 Å². The molecule has 0 aliphatic heterocycles. The number of rotatable bonds is 7. The van der Waals surface area contributed by atoms with Crippen molar-refractivity contribution in [1.29, 1.82) is 0 Å². The Morgan fingerprint density at radius 2 is 1.31 bits per heavy atom. The molecule has 0 aromatic heterocycles. The molecule has 32 heavy (non-hydrogen) atoms. The van der Waals surface area contributed by atoms with Crippen LogP contribution in [0.25, 0.3) is 0 Å². The van der Waals surface area contributed by atoms with E-state index < -0.39 is 10.0 Å². The van der Waals surface area contributed by atoms with Gasteiger partial charge in [-0.15, -0.1) is 0 Å².